The Morgan fingerprint density at radius 2 is 1.93 bits per heavy atom. The molecule has 0 amide bonds. The molecule has 1 aliphatic heterocycles. The third-order valence-electron chi connectivity index (χ3n) is 2.57. The zero-order valence-electron chi connectivity index (χ0n) is 7.99. The van der Waals surface area contributed by atoms with Crippen molar-refractivity contribution in [1.29, 1.82) is 0 Å². The lowest BCUT2D eigenvalue weighted by Crippen LogP contribution is -2.51. The fraction of sp³-hybridized carbons (Fsp3) is 0.455. The number of hydrogen-bond acceptors (Lipinski definition) is 2. The van der Waals surface area contributed by atoms with Crippen LogP contribution in [0.1, 0.15) is 5.56 Å². The Kier molecular flexibility index (Phi) is 3.21. The zero-order valence-corrected chi connectivity index (χ0v) is 9.57. The van der Waals surface area contributed by atoms with E-state index in [1.807, 2.05) is 0 Å². The van der Waals surface area contributed by atoms with Crippen LogP contribution in [-0.2, 0) is 6.42 Å². The first kappa shape index (κ1) is 10.1. The van der Waals surface area contributed by atoms with Crippen LogP contribution in [0, 0.1) is 0 Å². The molecule has 1 heterocycles. The Morgan fingerprint density at radius 1 is 1.29 bits per heavy atom. The van der Waals surface area contributed by atoms with Crippen molar-refractivity contribution in [1.82, 2.24) is 4.90 Å². The average Bonchev–Trinajstić information content (AvgIpc) is 2.13. The molecule has 0 atom stereocenters. The first-order valence-corrected chi connectivity index (χ1v) is 5.68. The molecule has 1 saturated heterocycles. The smallest absolute Gasteiger partial charge is 0.0793 e. The van der Waals surface area contributed by atoms with Gasteiger partial charge in [-0.1, -0.05) is 28.1 Å². The predicted molar refractivity (Wildman–Crippen MR) is 60.3 cm³/mol. The monoisotopic (exact) mass is 255 g/mol. The topological polar surface area (TPSA) is 23.5 Å². The number of β-amino-alcohol motifs (C(OH)–C–C–N with tert-alkyl or cyclic N) is 1. The summed E-state index contributed by atoms with van der Waals surface area (Å²) in [5.74, 6) is 0. The van der Waals surface area contributed by atoms with E-state index >= 15 is 0 Å². The van der Waals surface area contributed by atoms with Crippen molar-refractivity contribution in [3.8, 4) is 0 Å². The molecule has 2 rings (SSSR count). The Hall–Kier alpha value is -0.380. The van der Waals surface area contributed by atoms with E-state index in [1.165, 1.54) is 5.56 Å². The van der Waals surface area contributed by atoms with Gasteiger partial charge in [0.05, 0.1) is 6.10 Å². The van der Waals surface area contributed by atoms with Crippen LogP contribution in [0.15, 0.2) is 28.7 Å². The first-order valence-electron chi connectivity index (χ1n) is 4.89. The summed E-state index contributed by atoms with van der Waals surface area (Å²) >= 11 is 3.41. The molecule has 0 aliphatic carbocycles. The van der Waals surface area contributed by atoms with Gasteiger partial charge in [0.15, 0.2) is 0 Å². The zero-order chi connectivity index (χ0) is 9.97. The summed E-state index contributed by atoms with van der Waals surface area (Å²) in [6.45, 7) is 2.74. The second-order valence-corrected chi connectivity index (χ2v) is 4.71. The van der Waals surface area contributed by atoms with Crippen LogP contribution < -0.4 is 0 Å². The molecule has 1 fully saturated rings. The van der Waals surface area contributed by atoms with Gasteiger partial charge in [-0.3, -0.25) is 4.90 Å². The minimum atomic E-state index is -0.0834. The predicted octanol–water partition coefficient (Wildman–Crippen LogP) is 1.67. The van der Waals surface area contributed by atoms with Crippen LogP contribution >= 0.6 is 15.9 Å². The summed E-state index contributed by atoms with van der Waals surface area (Å²) in [4.78, 5) is 2.27. The van der Waals surface area contributed by atoms with Gasteiger partial charge in [-0.15, -0.1) is 0 Å². The van der Waals surface area contributed by atoms with Crippen molar-refractivity contribution in [2.45, 2.75) is 12.5 Å². The number of likely N-dealkylation sites (tertiary alicyclic amines) is 1. The van der Waals surface area contributed by atoms with E-state index in [1.54, 1.807) is 0 Å². The van der Waals surface area contributed by atoms with Crippen LogP contribution in [0.3, 0.4) is 0 Å². The van der Waals surface area contributed by atoms with Crippen molar-refractivity contribution in [3.63, 3.8) is 0 Å². The standard InChI is InChI=1S/C11H14BrNO/c12-10-3-1-9(2-4-10)5-6-13-7-11(14)8-13/h1-4,11,14H,5-8H2. The molecule has 1 aromatic rings. The first-order chi connectivity index (χ1) is 6.74. The number of halogens is 1. The van der Waals surface area contributed by atoms with Gasteiger partial charge in [0, 0.05) is 24.1 Å². The van der Waals surface area contributed by atoms with E-state index < -0.39 is 0 Å². The highest BCUT2D eigenvalue weighted by Crippen LogP contribution is 2.13. The summed E-state index contributed by atoms with van der Waals surface area (Å²) in [5.41, 5.74) is 1.36. The van der Waals surface area contributed by atoms with Crippen LogP contribution in [-0.4, -0.2) is 35.7 Å². The molecule has 1 N–H and O–H groups in total. The molecule has 14 heavy (non-hydrogen) atoms. The van der Waals surface area contributed by atoms with E-state index in [0.717, 1.165) is 30.5 Å². The van der Waals surface area contributed by atoms with E-state index in [4.69, 9.17) is 5.11 Å². The van der Waals surface area contributed by atoms with Gasteiger partial charge in [0.1, 0.15) is 0 Å². The van der Waals surface area contributed by atoms with Gasteiger partial charge in [-0.05, 0) is 24.1 Å². The lowest BCUT2D eigenvalue weighted by atomic mass is 10.1. The molecule has 3 heteroatoms. The van der Waals surface area contributed by atoms with Gasteiger partial charge in [0.25, 0.3) is 0 Å². The maximum Gasteiger partial charge on any atom is 0.0793 e. The van der Waals surface area contributed by atoms with Crippen molar-refractivity contribution in [2.75, 3.05) is 19.6 Å². The molecule has 0 unspecified atom stereocenters. The molecule has 1 aliphatic rings. The SMILES string of the molecule is OC1CN(CCc2ccc(Br)cc2)C1. The molecule has 2 nitrogen and oxygen atoms in total. The highest BCUT2D eigenvalue weighted by Gasteiger charge is 2.23. The quantitative estimate of drug-likeness (QED) is 0.889. The number of rotatable bonds is 3. The molecule has 0 saturated carbocycles. The van der Waals surface area contributed by atoms with Gasteiger partial charge in [0.2, 0.25) is 0 Å². The molecular formula is C11H14BrNO. The number of benzene rings is 1. The molecule has 0 aromatic heterocycles. The van der Waals surface area contributed by atoms with Crippen molar-refractivity contribution in [3.05, 3.63) is 34.3 Å². The lowest BCUT2D eigenvalue weighted by molar-refractivity contribution is 0.00310. The summed E-state index contributed by atoms with van der Waals surface area (Å²) in [7, 11) is 0. The third kappa shape index (κ3) is 2.56. The van der Waals surface area contributed by atoms with Crippen LogP contribution in [0.25, 0.3) is 0 Å². The van der Waals surface area contributed by atoms with Gasteiger partial charge in [-0.2, -0.15) is 0 Å². The van der Waals surface area contributed by atoms with E-state index in [-0.39, 0.29) is 6.10 Å². The Labute approximate surface area is 92.7 Å². The number of aliphatic hydroxyl groups is 1. The maximum absolute atomic E-state index is 9.10. The second kappa shape index (κ2) is 4.43. The second-order valence-electron chi connectivity index (χ2n) is 3.79. The number of hydrogen-bond donors (Lipinski definition) is 1. The van der Waals surface area contributed by atoms with Crippen molar-refractivity contribution < 1.29 is 5.11 Å². The minimum Gasteiger partial charge on any atom is -0.390 e. The summed E-state index contributed by atoms with van der Waals surface area (Å²) in [6, 6.07) is 8.42. The fourth-order valence-corrected chi connectivity index (χ4v) is 1.93. The summed E-state index contributed by atoms with van der Waals surface area (Å²) in [5, 5.41) is 9.10. The maximum atomic E-state index is 9.10. The Morgan fingerprint density at radius 3 is 2.50 bits per heavy atom. The van der Waals surface area contributed by atoms with Gasteiger partial charge < -0.3 is 5.11 Å². The number of nitrogens with zero attached hydrogens (tertiary/aromatic N) is 1. The van der Waals surface area contributed by atoms with Gasteiger partial charge >= 0.3 is 0 Å². The molecular weight excluding hydrogens is 242 g/mol. The molecule has 0 spiro atoms. The molecule has 1 aromatic carbocycles. The largest absolute Gasteiger partial charge is 0.390 e. The molecule has 0 bridgehead atoms. The molecule has 0 radical (unpaired) electrons. The van der Waals surface area contributed by atoms with E-state index in [2.05, 4.69) is 45.1 Å². The summed E-state index contributed by atoms with van der Waals surface area (Å²) < 4.78 is 1.13. The number of aliphatic hydroxyl groups excluding tert-OH is 1. The normalized spacial score (nSPS) is 18.1. The van der Waals surface area contributed by atoms with E-state index in [0.29, 0.717) is 0 Å². The van der Waals surface area contributed by atoms with Crippen molar-refractivity contribution in [2.24, 2.45) is 0 Å². The van der Waals surface area contributed by atoms with Crippen LogP contribution in [0.2, 0.25) is 0 Å². The molecule has 76 valence electrons. The fourth-order valence-electron chi connectivity index (χ4n) is 1.66. The van der Waals surface area contributed by atoms with Crippen LogP contribution in [0.4, 0.5) is 0 Å². The van der Waals surface area contributed by atoms with Crippen molar-refractivity contribution >= 4 is 15.9 Å². The highest BCUT2D eigenvalue weighted by molar-refractivity contribution is 9.10. The minimum absolute atomic E-state index is 0.0834. The Bertz CT molecular complexity index is 293. The third-order valence-corrected chi connectivity index (χ3v) is 3.10. The lowest BCUT2D eigenvalue weighted by Gasteiger charge is -2.35. The van der Waals surface area contributed by atoms with Gasteiger partial charge in [-0.25, -0.2) is 0 Å². The Balaban J connectivity index is 1.78. The highest BCUT2D eigenvalue weighted by atomic mass is 79.9. The van der Waals surface area contributed by atoms with Crippen LogP contribution in [0.5, 0.6) is 0 Å². The van der Waals surface area contributed by atoms with E-state index in [9.17, 15) is 0 Å². The summed E-state index contributed by atoms with van der Waals surface area (Å²) in [6.07, 6.45) is 0.986. The average molecular weight is 256 g/mol.